The molecule has 1 saturated heterocycles. The van der Waals surface area contributed by atoms with Crippen LogP contribution in [0.25, 0.3) is 12.2 Å². The van der Waals surface area contributed by atoms with E-state index in [4.69, 9.17) is 9.47 Å². The molecule has 7 N–H and O–H groups in total. The standard InChI is InChI=1S/C20H22O9/c21-9-16-17(25)18(26)19(27)20(29-16)28-15-8-12(22)4-3-11(15)2-1-10-5-13(23)7-14(24)6-10/h1-8,16-27H,9H2/b2-1-/t16-,17-,18+,19-,20-/m1/s1. The van der Waals surface area contributed by atoms with Gasteiger partial charge in [0, 0.05) is 17.7 Å². The topological polar surface area (TPSA) is 160 Å². The van der Waals surface area contributed by atoms with Crippen LogP contribution in [0.4, 0.5) is 0 Å². The molecule has 2 aromatic carbocycles. The van der Waals surface area contributed by atoms with Crippen molar-refractivity contribution in [2.24, 2.45) is 0 Å². The minimum Gasteiger partial charge on any atom is -0.508 e. The van der Waals surface area contributed by atoms with Crippen molar-refractivity contribution in [2.45, 2.75) is 30.7 Å². The summed E-state index contributed by atoms with van der Waals surface area (Å²) in [6.45, 7) is -0.599. The molecule has 9 nitrogen and oxygen atoms in total. The average molecular weight is 406 g/mol. The van der Waals surface area contributed by atoms with Crippen molar-refractivity contribution in [1.82, 2.24) is 0 Å². The Kier molecular flexibility index (Phi) is 6.26. The van der Waals surface area contributed by atoms with Gasteiger partial charge in [0.15, 0.2) is 0 Å². The highest BCUT2D eigenvalue weighted by molar-refractivity contribution is 5.74. The second-order valence-corrected chi connectivity index (χ2v) is 6.65. The SMILES string of the molecule is OC[C@H]1O[C@@H](Oc2cc(O)ccc2/C=C\c2cc(O)cc(O)c2)[C@H](O)[C@@H](O)[C@@H]1O. The summed E-state index contributed by atoms with van der Waals surface area (Å²) in [5.41, 5.74) is 0.942. The fourth-order valence-corrected chi connectivity index (χ4v) is 2.95. The molecule has 9 heteroatoms. The van der Waals surface area contributed by atoms with E-state index >= 15 is 0 Å². The summed E-state index contributed by atoms with van der Waals surface area (Å²) in [5.74, 6) is -0.270. The van der Waals surface area contributed by atoms with Crippen LogP contribution in [-0.2, 0) is 4.74 Å². The van der Waals surface area contributed by atoms with E-state index in [2.05, 4.69) is 0 Å². The molecule has 29 heavy (non-hydrogen) atoms. The van der Waals surface area contributed by atoms with E-state index in [1.165, 1.54) is 36.4 Å². The molecule has 0 aliphatic carbocycles. The molecule has 0 bridgehead atoms. The van der Waals surface area contributed by atoms with E-state index in [0.29, 0.717) is 11.1 Å². The van der Waals surface area contributed by atoms with Crippen LogP contribution in [0.1, 0.15) is 11.1 Å². The molecule has 1 aliphatic rings. The zero-order chi connectivity index (χ0) is 21.1. The molecule has 0 amide bonds. The zero-order valence-corrected chi connectivity index (χ0v) is 15.2. The lowest BCUT2D eigenvalue weighted by Gasteiger charge is -2.39. The van der Waals surface area contributed by atoms with Gasteiger partial charge in [0.2, 0.25) is 6.29 Å². The lowest BCUT2D eigenvalue weighted by atomic mass is 9.99. The van der Waals surface area contributed by atoms with E-state index in [9.17, 15) is 35.7 Å². The first kappa shape index (κ1) is 20.9. The molecule has 3 rings (SSSR count). The Labute approximate surface area is 165 Å². The van der Waals surface area contributed by atoms with Crippen molar-refractivity contribution in [2.75, 3.05) is 6.61 Å². The van der Waals surface area contributed by atoms with E-state index in [1.54, 1.807) is 12.2 Å². The maximum Gasteiger partial charge on any atom is 0.229 e. The van der Waals surface area contributed by atoms with Crippen LogP contribution in [0.15, 0.2) is 36.4 Å². The number of aromatic hydroxyl groups is 3. The minimum absolute atomic E-state index is 0.0926. The Bertz CT molecular complexity index is 860. The third-order valence-electron chi connectivity index (χ3n) is 4.47. The van der Waals surface area contributed by atoms with Crippen LogP contribution >= 0.6 is 0 Å². The summed E-state index contributed by atoms with van der Waals surface area (Å²) in [6, 6.07) is 8.23. The number of hydrogen-bond donors (Lipinski definition) is 7. The van der Waals surface area contributed by atoms with Gasteiger partial charge in [0.25, 0.3) is 0 Å². The lowest BCUT2D eigenvalue weighted by molar-refractivity contribution is -0.277. The average Bonchev–Trinajstić information content (AvgIpc) is 2.67. The fraction of sp³-hybridized carbons (Fsp3) is 0.300. The lowest BCUT2D eigenvalue weighted by Crippen LogP contribution is -2.60. The smallest absolute Gasteiger partial charge is 0.229 e. The summed E-state index contributed by atoms with van der Waals surface area (Å²) < 4.78 is 10.9. The van der Waals surface area contributed by atoms with E-state index in [0.717, 1.165) is 0 Å². The molecular formula is C20H22O9. The largest absolute Gasteiger partial charge is 0.508 e. The molecule has 0 radical (unpaired) electrons. The fourth-order valence-electron chi connectivity index (χ4n) is 2.95. The first-order valence-electron chi connectivity index (χ1n) is 8.80. The molecule has 1 heterocycles. The van der Waals surface area contributed by atoms with Gasteiger partial charge in [0.1, 0.15) is 47.4 Å². The molecular weight excluding hydrogens is 384 g/mol. The predicted octanol–water partition coefficient (Wildman–Crippen LogP) is 0.152. The number of aliphatic hydroxyl groups excluding tert-OH is 4. The van der Waals surface area contributed by atoms with E-state index < -0.39 is 37.3 Å². The van der Waals surface area contributed by atoms with Crippen LogP contribution < -0.4 is 4.74 Å². The minimum atomic E-state index is -1.60. The predicted molar refractivity (Wildman–Crippen MR) is 101 cm³/mol. The van der Waals surface area contributed by atoms with Gasteiger partial charge in [-0.3, -0.25) is 0 Å². The second kappa shape index (κ2) is 8.68. The Balaban J connectivity index is 1.86. The molecule has 2 aromatic rings. The molecule has 0 saturated carbocycles. The van der Waals surface area contributed by atoms with Crippen molar-refractivity contribution in [3.63, 3.8) is 0 Å². The number of rotatable bonds is 5. The third kappa shape index (κ3) is 4.78. The molecule has 0 unspecified atom stereocenters. The Morgan fingerprint density at radius 2 is 1.52 bits per heavy atom. The van der Waals surface area contributed by atoms with Crippen molar-refractivity contribution in [3.8, 4) is 23.0 Å². The van der Waals surface area contributed by atoms with Gasteiger partial charge >= 0.3 is 0 Å². The highest BCUT2D eigenvalue weighted by Gasteiger charge is 2.44. The zero-order valence-electron chi connectivity index (χ0n) is 15.2. The third-order valence-corrected chi connectivity index (χ3v) is 4.47. The summed E-state index contributed by atoms with van der Waals surface area (Å²) >= 11 is 0. The summed E-state index contributed by atoms with van der Waals surface area (Å²) in [7, 11) is 0. The normalized spacial score (nSPS) is 27.2. The molecule has 0 spiro atoms. The molecule has 0 aromatic heterocycles. The van der Waals surface area contributed by atoms with Gasteiger partial charge < -0.3 is 45.2 Å². The number of hydrogen-bond acceptors (Lipinski definition) is 9. The van der Waals surface area contributed by atoms with Crippen LogP contribution in [0.3, 0.4) is 0 Å². The highest BCUT2D eigenvalue weighted by atomic mass is 16.7. The van der Waals surface area contributed by atoms with Gasteiger partial charge in [0.05, 0.1) is 6.61 Å². The Hall–Kier alpha value is -2.82. The van der Waals surface area contributed by atoms with Gasteiger partial charge in [-0.25, -0.2) is 0 Å². The monoisotopic (exact) mass is 406 g/mol. The van der Waals surface area contributed by atoms with Gasteiger partial charge in [-0.15, -0.1) is 0 Å². The number of benzene rings is 2. The van der Waals surface area contributed by atoms with Crippen molar-refractivity contribution >= 4 is 12.2 Å². The number of ether oxygens (including phenoxy) is 2. The summed E-state index contributed by atoms with van der Waals surface area (Å²) in [5, 5.41) is 68.1. The maximum atomic E-state index is 10.1. The number of aliphatic hydroxyl groups is 4. The van der Waals surface area contributed by atoms with E-state index in [-0.39, 0.29) is 23.0 Å². The summed E-state index contributed by atoms with van der Waals surface area (Å²) in [6.07, 6.45) is -4.11. The highest BCUT2D eigenvalue weighted by Crippen LogP contribution is 2.31. The molecule has 5 atom stereocenters. The van der Waals surface area contributed by atoms with Crippen LogP contribution in [0, 0.1) is 0 Å². The molecule has 1 aliphatic heterocycles. The quantitative estimate of drug-likeness (QED) is 0.343. The van der Waals surface area contributed by atoms with Crippen LogP contribution in [0.2, 0.25) is 0 Å². The molecule has 156 valence electrons. The first-order chi connectivity index (χ1) is 13.8. The Morgan fingerprint density at radius 1 is 0.828 bits per heavy atom. The second-order valence-electron chi connectivity index (χ2n) is 6.65. The van der Waals surface area contributed by atoms with Crippen LogP contribution in [-0.4, -0.2) is 73.1 Å². The van der Waals surface area contributed by atoms with Gasteiger partial charge in [-0.05, 0) is 29.8 Å². The Morgan fingerprint density at radius 3 is 2.17 bits per heavy atom. The van der Waals surface area contributed by atoms with Crippen LogP contribution in [0.5, 0.6) is 23.0 Å². The number of phenolic OH excluding ortho intramolecular Hbond substituents is 3. The maximum absolute atomic E-state index is 10.1. The first-order valence-corrected chi connectivity index (χ1v) is 8.80. The van der Waals surface area contributed by atoms with Gasteiger partial charge in [-0.2, -0.15) is 0 Å². The van der Waals surface area contributed by atoms with Crippen molar-refractivity contribution < 1.29 is 45.2 Å². The van der Waals surface area contributed by atoms with E-state index in [1.807, 2.05) is 0 Å². The van der Waals surface area contributed by atoms with Crippen molar-refractivity contribution in [1.29, 1.82) is 0 Å². The summed E-state index contributed by atoms with van der Waals surface area (Å²) in [4.78, 5) is 0. The van der Waals surface area contributed by atoms with Crippen molar-refractivity contribution in [3.05, 3.63) is 47.5 Å². The van der Waals surface area contributed by atoms with Gasteiger partial charge in [-0.1, -0.05) is 12.2 Å². The molecule has 1 fully saturated rings. The number of phenols is 3.